The van der Waals surface area contributed by atoms with Crippen LogP contribution in [0.5, 0.6) is 0 Å². The van der Waals surface area contributed by atoms with E-state index in [0.29, 0.717) is 0 Å². The van der Waals surface area contributed by atoms with Crippen molar-refractivity contribution in [2.75, 3.05) is 0 Å². The molecule has 0 heteroatoms. The Morgan fingerprint density at radius 2 is 1.50 bits per heavy atom. The molecular weight excluding hydrogens is 96.1 g/mol. The largest absolute Gasteiger partial charge is 0.130 e. The second-order valence-corrected chi connectivity index (χ2v) is 2.21. The maximum absolute atomic E-state index is 3.14. The fourth-order valence-electron chi connectivity index (χ4n) is 0.920. The highest BCUT2D eigenvalue weighted by molar-refractivity contribution is 4.86. The summed E-state index contributed by atoms with van der Waals surface area (Å²) in [5.41, 5.74) is 3.14. The van der Waals surface area contributed by atoms with Crippen molar-refractivity contribution in [2.45, 2.75) is 32.1 Å². The number of hydrogen-bond acceptors (Lipinski definition) is 0. The Balaban J connectivity index is 2.36. The van der Waals surface area contributed by atoms with Crippen molar-refractivity contribution in [1.29, 1.82) is 0 Å². The van der Waals surface area contributed by atoms with Crippen molar-refractivity contribution in [3.8, 4) is 0 Å². The van der Waals surface area contributed by atoms with Crippen LogP contribution in [0.15, 0.2) is 17.9 Å². The molecule has 0 saturated heterocycles. The highest BCUT2D eigenvalue weighted by Crippen LogP contribution is 2.05. The van der Waals surface area contributed by atoms with Crippen molar-refractivity contribution in [1.82, 2.24) is 0 Å². The fraction of sp³-hybridized carbons (Fsp3) is 0.625. The third-order valence-electron chi connectivity index (χ3n) is 1.43. The van der Waals surface area contributed by atoms with Crippen molar-refractivity contribution in [2.24, 2.45) is 0 Å². The van der Waals surface area contributed by atoms with Gasteiger partial charge in [0.05, 0.1) is 0 Å². The van der Waals surface area contributed by atoms with E-state index in [1.54, 1.807) is 0 Å². The molecule has 44 valence electrons. The molecule has 1 rings (SSSR count). The van der Waals surface area contributed by atoms with Gasteiger partial charge in [0.2, 0.25) is 0 Å². The van der Waals surface area contributed by atoms with E-state index >= 15 is 0 Å². The van der Waals surface area contributed by atoms with Gasteiger partial charge in [0.15, 0.2) is 0 Å². The lowest BCUT2D eigenvalue weighted by Crippen LogP contribution is -1.76. The van der Waals surface area contributed by atoms with E-state index in [4.69, 9.17) is 0 Å². The third-order valence-corrected chi connectivity index (χ3v) is 1.43. The molecule has 8 heavy (non-hydrogen) atoms. The minimum Gasteiger partial charge on any atom is -0.130 e. The summed E-state index contributed by atoms with van der Waals surface area (Å²) in [6, 6.07) is 0. The van der Waals surface area contributed by atoms with Crippen LogP contribution in [0.25, 0.3) is 0 Å². The van der Waals surface area contributed by atoms with Gasteiger partial charge in [-0.2, -0.15) is 0 Å². The molecule has 0 bridgehead atoms. The summed E-state index contributed by atoms with van der Waals surface area (Å²) in [7, 11) is 0. The monoisotopic (exact) mass is 108 g/mol. The summed E-state index contributed by atoms with van der Waals surface area (Å²) in [5.74, 6) is 0. The molecule has 0 saturated carbocycles. The molecule has 0 atom stereocenters. The van der Waals surface area contributed by atoms with E-state index in [1.807, 2.05) is 0 Å². The zero-order valence-corrected chi connectivity index (χ0v) is 5.19. The van der Waals surface area contributed by atoms with Crippen molar-refractivity contribution in [3.63, 3.8) is 0 Å². The van der Waals surface area contributed by atoms with Gasteiger partial charge in [-0.05, 0) is 37.8 Å². The number of allylic oxidation sites excluding steroid dienone is 1. The summed E-state index contributed by atoms with van der Waals surface area (Å²) >= 11 is 0. The second-order valence-electron chi connectivity index (χ2n) is 2.21. The van der Waals surface area contributed by atoms with Crippen LogP contribution in [0.3, 0.4) is 0 Å². The first kappa shape index (κ1) is 5.65. The summed E-state index contributed by atoms with van der Waals surface area (Å²) in [6.45, 7) is 0. The van der Waals surface area contributed by atoms with Crippen LogP contribution in [0, 0.1) is 0 Å². The molecule has 0 aromatic carbocycles. The fourth-order valence-corrected chi connectivity index (χ4v) is 0.920. The standard InChI is InChI=1S/C8H12/c1-2-4-6-8-7-5-3-1/h1,5H,2,4,6-8H2. The molecule has 0 amide bonds. The van der Waals surface area contributed by atoms with Crippen LogP contribution in [0.4, 0.5) is 0 Å². The van der Waals surface area contributed by atoms with Crippen molar-refractivity contribution in [3.05, 3.63) is 17.9 Å². The number of hydrogen-bond donors (Lipinski definition) is 0. The second kappa shape index (κ2) is 3.51. The quantitative estimate of drug-likeness (QED) is 0.418. The average molecular weight is 108 g/mol. The number of rotatable bonds is 0. The smallest absolute Gasteiger partial charge is 0.0274 e. The molecule has 0 unspecified atom stereocenters. The van der Waals surface area contributed by atoms with Gasteiger partial charge >= 0.3 is 0 Å². The maximum Gasteiger partial charge on any atom is -0.0274 e. The summed E-state index contributed by atoms with van der Waals surface area (Å²) in [4.78, 5) is 0. The van der Waals surface area contributed by atoms with Gasteiger partial charge < -0.3 is 0 Å². The predicted molar refractivity (Wildman–Crippen MR) is 35.7 cm³/mol. The van der Waals surface area contributed by atoms with Crippen LogP contribution in [0.2, 0.25) is 0 Å². The SMILES string of the molecule is C1=CCCCCCC=1. The lowest BCUT2D eigenvalue weighted by Gasteiger charge is -1.95. The molecule has 0 spiro atoms. The Kier molecular flexibility index (Phi) is 2.48. The minimum atomic E-state index is 1.23. The molecule has 1 aliphatic carbocycles. The first-order valence-corrected chi connectivity index (χ1v) is 3.39. The van der Waals surface area contributed by atoms with Gasteiger partial charge in [0, 0.05) is 0 Å². The zero-order chi connectivity index (χ0) is 5.66. The molecule has 0 aromatic rings. The molecule has 0 nitrogen and oxygen atoms in total. The molecule has 0 heterocycles. The van der Waals surface area contributed by atoms with Crippen molar-refractivity contribution >= 4 is 0 Å². The first-order valence-electron chi connectivity index (χ1n) is 3.39. The van der Waals surface area contributed by atoms with E-state index in [-0.39, 0.29) is 0 Å². The zero-order valence-electron chi connectivity index (χ0n) is 5.19. The van der Waals surface area contributed by atoms with E-state index < -0.39 is 0 Å². The predicted octanol–water partition coefficient (Wildman–Crippen LogP) is 2.66. The van der Waals surface area contributed by atoms with E-state index in [2.05, 4.69) is 17.9 Å². The van der Waals surface area contributed by atoms with Gasteiger partial charge in [0.1, 0.15) is 0 Å². The summed E-state index contributed by atoms with van der Waals surface area (Å²) in [6.07, 6.45) is 10.9. The average Bonchev–Trinajstić information content (AvgIpc) is 1.62. The van der Waals surface area contributed by atoms with Crippen LogP contribution < -0.4 is 0 Å². The highest BCUT2D eigenvalue weighted by Gasteiger charge is 1.86. The maximum atomic E-state index is 3.14. The summed E-state index contributed by atoms with van der Waals surface area (Å²) < 4.78 is 0. The Hall–Kier alpha value is -0.480. The van der Waals surface area contributed by atoms with Crippen LogP contribution in [-0.2, 0) is 0 Å². The van der Waals surface area contributed by atoms with Gasteiger partial charge in [-0.25, -0.2) is 0 Å². The van der Waals surface area contributed by atoms with Gasteiger partial charge in [-0.1, -0.05) is 6.42 Å². The molecule has 0 radical (unpaired) electrons. The van der Waals surface area contributed by atoms with Gasteiger partial charge in [-0.3, -0.25) is 0 Å². The third kappa shape index (κ3) is 1.99. The molecule has 0 fully saturated rings. The molecular formula is C8H12. The highest BCUT2D eigenvalue weighted by atomic mass is 13.9. The van der Waals surface area contributed by atoms with E-state index in [1.165, 1.54) is 32.1 Å². The Labute approximate surface area is 50.9 Å². The Bertz CT molecular complexity index is 95.2. The van der Waals surface area contributed by atoms with Gasteiger partial charge in [-0.15, -0.1) is 5.73 Å². The van der Waals surface area contributed by atoms with Crippen LogP contribution in [-0.4, -0.2) is 0 Å². The topological polar surface area (TPSA) is 0 Å². The minimum absolute atomic E-state index is 1.23. The molecule has 0 aliphatic heterocycles. The normalized spacial score (nSPS) is 20.0. The Morgan fingerprint density at radius 3 is 2.12 bits per heavy atom. The van der Waals surface area contributed by atoms with Crippen LogP contribution >= 0.6 is 0 Å². The van der Waals surface area contributed by atoms with Crippen molar-refractivity contribution < 1.29 is 0 Å². The van der Waals surface area contributed by atoms with Crippen LogP contribution in [0.1, 0.15) is 32.1 Å². The lowest BCUT2D eigenvalue weighted by atomic mass is 10.1. The Morgan fingerprint density at radius 1 is 0.875 bits per heavy atom. The molecule has 0 aromatic heterocycles. The summed E-state index contributed by atoms with van der Waals surface area (Å²) in [5, 5.41) is 0. The lowest BCUT2D eigenvalue weighted by molar-refractivity contribution is 0.691. The van der Waals surface area contributed by atoms with E-state index in [9.17, 15) is 0 Å². The van der Waals surface area contributed by atoms with Gasteiger partial charge in [0.25, 0.3) is 0 Å². The molecule has 1 aliphatic rings. The first-order chi connectivity index (χ1) is 4.00. The molecule has 0 N–H and O–H groups in total. The van der Waals surface area contributed by atoms with E-state index in [0.717, 1.165) is 0 Å².